The third-order valence-electron chi connectivity index (χ3n) is 4.25. The summed E-state index contributed by atoms with van der Waals surface area (Å²) in [6, 6.07) is 1.36. The number of rotatable bonds is 4. The van der Waals surface area contributed by atoms with Gasteiger partial charge >= 0.3 is 0 Å². The first-order chi connectivity index (χ1) is 7.77. The van der Waals surface area contributed by atoms with Crippen LogP contribution in [-0.2, 0) is 4.74 Å². The van der Waals surface area contributed by atoms with Crippen molar-refractivity contribution in [3.8, 4) is 0 Å². The van der Waals surface area contributed by atoms with Crippen molar-refractivity contribution < 1.29 is 4.74 Å². The molecule has 2 rings (SSSR count). The van der Waals surface area contributed by atoms with E-state index in [0.717, 1.165) is 31.7 Å². The van der Waals surface area contributed by atoms with Gasteiger partial charge in [0, 0.05) is 25.2 Å². The smallest absolute Gasteiger partial charge is 0.0509 e. The second-order valence-electron chi connectivity index (χ2n) is 5.45. The number of nitrogens with zero attached hydrogens (tertiary/aromatic N) is 1. The highest BCUT2D eigenvalue weighted by Gasteiger charge is 2.24. The molecule has 2 fully saturated rings. The van der Waals surface area contributed by atoms with Crippen molar-refractivity contribution in [1.29, 1.82) is 0 Å². The van der Waals surface area contributed by atoms with E-state index in [-0.39, 0.29) is 0 Å². The number of likely N-dealkylation sites (tertiary alicyclic amines) is 1. The van der Waals surface area contributed by atoms with Gasteiger partial charge in [-0.05, 0) is 52.1 Å². The number of likely N-dealkylation sites (N-methyl/N-ethyl adjacent to an activating group) is 1. The lowest BCUT2D eigenvalue weighted by Gasteiger charge is -2.30. The maximum absolute atomic E-state index is 5.55. The molecule has 94 valence electrons. The fraction of sp³-hybridized carbons (Fsp3) is 1.00. The molecule has 3 nitrogen and oxygen atoms in total. The van der Waals surface area contributed by atoms with Gasteiger partial charge in [-0.3, -0.25) is 0 Å². The highest BCUT2D eigenvalue weighted by atomic mass is 16.5. The number of ether oxygens (including phenoxy) is 1. The summed E-state index contributed by atoms with van der Waals surface area (Å²) in [6.07, 6.45) is 5.29. The SMILES string of the molecule is C[C@H](NC[C@H]1CCCN1C)[C@H]1CCCOC1. The molecule has 0 radical (unpaired) electrons. The molecule has 0 bridgehead atoms. The Morgan fingerprint density at radius 3 is 2.88 bits per heavy atom. The van der Waals surface area contributed by atoms with Crippen LogP contribution < -0.4 is 5.32 Å². The van der Waals surface area contributed by atoms with Crippen LogP contribution in [0.15, 0.2) is 0 Å². The van der Waals surface area contributed by atoms with Gasteiger partial charge in [-0.2, -0.15) is 0 Å². The zero-order valence-electron chi connectivity index (χ0n) is 10.7. The van der Waals surface area contributed by atoms with Crippen molar-refractivity contribution >= 4 is 0 Å². The molecule has 3 heteroatoms. The quantitative estimate of drug-likeness (QED) is 0.786. The molecule has 0 aromatic heterocycles. The van der Waals surface area contributed by atoms with Crippen molar-refractivity contribution in [2.75, 3.05) is 33.4 Å². The number of hydrogen-bond donors (Lipinski definition) is 1. The van der Waals surface area contributed by atoms with Gasteiger partial charge in [-0.25, -0.2) is 0 Å². The third kappa shape index (κ3) is 3.19. The van der Waals surface area contributed by atoms with Crippen LogP contribution in [0.1, 0.15) is 32.6 Å². The summed E-state index contributed by atoms with van der Waals surface area (Å²) < 4.78 is 5.55. The molecule has 0 aliphatic carbocycles. The van der Waals surface area contributed by atoms with Gasteiger partial charge in [0.1, 0.15) is 0 Å². The molecule has 0 unspecified atom stereocenters. The second kappa shape index (κ2) is 5.99. The van der Waals surface area contributed by atoms with Crippen molar-refractivity contribution in [3.63, 3.8) is 0 Å². The van der Waals surface area contributed by atoms with E-state index in [4.69, 9.17) is 4.74 Å². The topological polar surface area (TPSA) is 24.5 Å². The van der Waals surface area contributed by atoms with E-state index < -0.39 is 0 Å². The van der Waals surface area contributed by atoms with E-state index in [9.17, 15) is 0 Å². The summed E-state index contributed by atoms with van der Waals surface area (Å²) in [4.78, 5) is 2.48. The predicted octanol–water partition coefficient (Wildman–Crippen LogP) is 1.49. The van der Waals surface area contributed by atoms with Gasteiger partial charge < -0.3 is 15.0 Å². The molecule has 0 aromatic rings. The molecule has 2 saturated heterocycles. The zero-order chi connectivity index (χ0) is 11.4. The zero-order valence-corrected chi connectivity index (χ0v) is 10.7. The fourth-order valence-corrected chi connectivity index (χ4v) is 2.89. The van der Waals surface area contributed by atoms with E-state index >= 15 is 0 Å². The van der Waals surface area contributed by atoms with Crippen LogP contribution in [0.4, 0.5) is 0 Å². The minimum atomic E-state index is 0.606. The molecule has 1 N–H and O–H groups in total. The van der Waals surface area contributed by atoms with E-state index in [1.54, 1.807) is 0 Å². The number of nitrogens with one attached hydrogen (secondary N) is 1. The minimum absolute atomic E-state index is 0.606. The van der Waals surface area contributed by atoms with Crippen LogP contribution in [0.2, 0.25) is 0 Å². The Labute approximate surface area is 99.5 Å². The maximum Gasteiger partial charge on any atom is 0.0509 e. The molecule has 16 heavy (non-hydrogen) atoms. The van der Waals surface area contributed by atoms with E-state index in [1.807, 2.05) is 0 Å². The summed E-state index contributed by atoms with van der Waals surface area (Å²) in [7, 11) is 2.24. The normalized spacial score (nSPS) is 34.1. The fourth-order valence-electron chi connectivity index (χ4n) is 2.89. The average molecular weight is 226 g/mol. The monoisotopic (exact) mass is 226 g/mol. The van der Waals surface area contributed by atoms with Crippen LogP contribution in [-0.4, -0.2) is 50.3 Å². The molecular weight excluding hydrogens is 200 g/mol. The van der Waals surface area contributed by atoms with Crippen LogP contribution in [0.5, 0.6) is 0 Å². The number of hydrogen-bond acceptors (Lipinski definition) is 3. The Morgan fingerprint density at radius 2 is 2.25 bits per heavy atom. The van der Waals surface area contributed by atoms with E-state index in [0.29, 0.717) is 6.04 Å². The third-order valence-corrected chi connectivity index (χ3v) is 4.25. The molecule has 0 amide bonds. The second-order valence-corrected chi connectivity index (χ2v) is 5.45. The minimum Gasteiger partial charge on any atom is -0.381 e. The molecule has 0 spiro atoms. The van der Waals surface area contributed by atoms with Crippen molar-refractivity contribution in [2.45, 2.75) is 44.7 Å². The van der Waals surface area contributed by atoms with Crippen LogP contribution in [0.25, 0.3) is 0 Å². The van der Waals surface area contributed by atoms with Crippen molar-refractivity contribution in [3.05, 3.63) is 0 Å². The van der Waals surface area contributed by atoms with Gasteiger partial charge in [-0.15, -0.1) is 0 Å². The highest BCUT2D eigenvalue weighted by Crippen LogP contribution is 2.18. The molecule has 0 saturated carbocycles. The Morgan fingerprint density at radius 1 is 1.38 bits per heavy atom. The Hall–Kier alpha value is -0.120. The van der Waals surface area contributed by atoms with Crippen molar-refractivity contribution in [2.24, 2.45) is 5.92 Å². The summed E-state index contributed by atoms with van der Waals surface area (Å²) in [5.41, 5.74) is 0. The van der Waals surface area contributed by atoms with E-state index in [1.165, 1.54) is 32.2 Å². The van der Waals surface area contributed by atoms with Crippen molar-refractivity contribution in [1.82, 2.24) is 10.2 Å². The molecule has 2 aliphatic heterocycles. The largest absolute Gasteiger partial charge is 0.381 e. The lowest BCUT2D eigenvalue weighted by atomic mass is 9.95. The Bertz CT molecular complexity index is 204. The van der Waals surface area contributed by atoms with Crippen LogP contribution >= 0.6 is 0 Å². The molecule has 0 aromatic carbocycles. The summed E-state index contributed by atoms with van der Waals surface area (Å²) in [5, 5.41) is 3.70. The molecule has 2 aliphatic rings. The molecular formula is C13H26N2O. The van der Waals surface area contributed by atoms with Gasteiger partial charge in [-0.1, -0.05) is 0 Å². The average Bonchev–Trinajstić information content (AvgIpc) is 2.73. The maximum atomic E-state index is 5.55. The predicted molar refractivity (Wildman–Crippen MR) is 66.7 cm³/mol. The standard InChI is InChI=1S/C13H26N2O/c1-11(12-5-4-8-16-10-12)14-9-13-6-3-7-15(13)2/h11-14H,3-10H2,1-2H3/t11-,12-,13+/m0/s1. The first kappa shape index (κ1) is 12.3. The van der Waals surface area contributed by atoms with E-state index in [2.05, 4.69) is 24.2 Å². The first-order valence-corrected chi connectivity index (χ1v) is 6.78. The van der Waals surface area contributed by atoms with Gasteiger partial charge in [0.25, 0.3) is 0 Å². The Kier molecular flexibility index (Phi) is 4.62. The highest BCUT2D eigenvalue weighted by molar-refractivity contribution is 4.81. The van der Waals surface area contributed by atoms with Gasteiger partial charge in [0.2, 0.25) is 0 Å². The Balaban J connectivity index is 1.68. The summed E-state index contributed by atoms with van der Waals surface area (Å²) >= 11 is 0. The summed E-state index contributed by atoms with van der Waals surface area (Å²) in [5.74, 6) is 0.723. The molecule has 2 heterocycles. The lowest BCUT2D eigenvalue weighted by molar-refractivity contribution is 0.0412. The first-order valence-electron chi connectivity index (χ1n) is 6.78. The van der Waals surface area contributed by atoms with Crippen LogP contribution in [0, 0.1) is 5.92 Å². The van der Waals surface area contributed by atoms with Crippen LogP contribution in [0.3, 0.4) is 0 Å². The summed E-state index contributed by atoms with van der Waals surface area (Å²) in [6.45, 7) is 6.65. The lowest BCUT2D eigenvalue weighted by Crippen LogP contribution is -2.44. The van der Waals surface area contributed by atoms with Gasteiger partial charge in [0.15, 0.2) is 0 Å². The molecule has 3 atom stereocenters. The van der Waals surface area contributed by atoms with Gasteiger partial charge in [0.05, 0.1) is 6.61 Å².